The van der Waals surface area contributed by atoms with E-state index < -0.39 is 23.2 Å². The number of unbranched alkanes of at least 4 members (excludes halogenated alkanes) is 4. The van der Waals surface area contributed by atoms with Gasteiger partial charge in [-0.1, -0.05) is 63.8 Å². The molecule has 0 aliphatic rings. The zero-order chi connectivity index (χ0) is 19.3. The Morgan fingerprint density at radius 3 is 1.64 bits per heavy atom. The highest BCUT2D eigenvalue weighted by Crippen LogP contribution is 2.50. The normalized spacial score (nSPS) is 12.3. The van der Waals surface area contributed by atoms with E-state index in [9.17, 15) is 13.0 Å². The minimum absolute atomic E-state index is 0.0567. The summed E-state index contributed by atoms with van der Waals surface area (Å²) >= 11 is 0. The average molecular weight is 396 g/mol. The van der Waals surface area contributed by atoms with Gasteiger partial charge in [0.05, 0.1) is 13.2 Å². The third-order valence-electron chi connectivity index (χ3n) is 3.52. The molecule has 0 aromatic rings. The van der Waals surface area contributed by atoms with Crippen LogP contribution < -0.4 is 0 Å². The molecule has 0 unspecified atom stereocenters. The first-order valence-corrected chi connectivity index (χ1v) is 12.1. The Morgan fingerprint density at radius 2 is 1.32 bits per heavy atom. The van der Waals surface area contributed by atoms with E-state index in [0.29, 0.717) is 12.8 Å². The van der Waals surface area contributed by atoms with Crippen molar-refractivity contribution < 1.29 is 26.6 Å². The molecule has 0 saturated heterocycles. The van der Waals surface area contributed by atoms with Gasteiger partial charge in [0.1, 0.15) is 0 Å². The summed E-state index contributed by atoms with van der Waals surface area (Å²) in [5.41, 5.74) is 0.369. The summed E-state index contributed by atoms with van der Waals surface area (Å²) in [6, 6.07) is 0. The fourth-order valence-corrected chi connectivity index (χ4v) is 5.11. The highest BCUT2D eigenvalue weighted by atomic mass is 32.2. The minimum atomic E-state index is -4.49. The maximum atomic E-state index is 12.6. The molecule has 0 bridgehead atoms. The molecular weight excluding hydrogens is 363 g/mol. The van der Waals surface area contributed by atoms with Crippen LogP contribution in [0, 0.1) is 0 Å². The van der Waals surface area contributed by atoms with E-state index in [0.717, 1.165) is 49.7 Å². The van der Waals surface area contributed by atoms with E-state index in [1.165, 1.54) is 0 Å². The van der Waals surface area contributed by atoms with Gasteiger partial charge in [-0.25, -0.2) is 0 Å². The molecule has 0 fully saturated rings. The second-order valence-electron chi connectivity index (χ2n) is 6.28. The summed E-state index contributed by atoms with van der Waals surface area (Å²) in [4.78, 5) is 0. The molecule has 1 N–H and O–H groups in total. The van der Waals surface area contributed by atoms with Crippen LogP contribution in [0.3, 0.4) is 0 Å². The second kappa shape index (κ2) is 12.8. The molecule has 0 amide bonds. The standard InChI is InChI=1S/C17H33O6PS/c1-5-7-9-11-16(3)13-22-24(18,15-25(19,20)21)23-14-17(4)12-10-8-6-2/h3-15H2,1-2H3,(H,19,20,21). The van der Waals surface area contributed by atoms with Gasteiger partial charge in [0.25, 0.3) is 10.1 Å². The number of hydrogen-bond donors (Lipinski definition) is 1. The lowest BCUT2D eigenvalue weighted by molar-refractivity contribution is 0.229. The molecule has 0 aromatic heterocycles. The molecule has 0 radical (unpaired) electrons. The summed E-state index contributed by atoms with van der Waals surface area (Å²) in [6.07, 6.45) is 7.54. The molecule has 25 heavy (non-hydrogen) atoms. The quantitative estimate of drug-likeness (QED) is 0.164. The first kappa shape index (κ1) is 24.5. The molecule has 0 atom stereocenters. The zero-order valence-electron chi connectivity index (χ0n) is 15.5. The molecule has 0 rings (SSSR count). The van der Waals surface area contributed by atoms with Gasteiger partial charge in [0.2, 0.25) is 0 Å². The van der Waals surface area contributed by atoms with E-state index in [-0.39, 0.29) is 13.2 Å². The van der Waals surface area contributed by atoms with Crippen LogP contribution in [-0.4, -0.2) is 31.7 Å². The first-order valence-electron chi connectivity index (χ1n) is 8.78. The van der Waals surface area contributed by atoms with Crippen LogP contribution in [0.15, 0.2) is 24.3 Å². The van der Waals surface area contributed by atoms with Crippen LogP contribution in [0.1, 0.15) is 65.2 Å². The van der Waals surface area contributed by atoms with Gasteiger partial charge in [-0.05, 0) is 25.7 Å². The van der Waals surface area contributed by atoms with Crippen molar-refractivity contribution in [1.82, 2.24) is 0 Å². The van der Waals surface area contributed by atoms with Crippen molar-refractivity contribution in [2.24, 2.45) is 0 Å². The molecule has 0 saturated carbocycles. The molecule has 0 aromatic carbocycles. The fraction of sp³-hybridized carbons (Fsp3) is 0.765. The molecule has 0 spiro atoms. The van der Waals surface area contributed by atoms with E-state index in [1.54, 1.807) is 0 Å². The van der Waals surface area contributed by atoms with Gasteiger partial charge in [-0.2, -0.15) is 8.42 Å². The van der Waals surface area contributed by atoms with Crippen LogP contribution in [0.5, 0.6) is 0 Å². The Labute approximate surface area is 153 Å². The third kappa shape index (κ3) is 14.4. The fourth-order valence-electron chi connectivity index (χ4n) is 2.09. The van der Waals surface area contributed by atoms with Crippen molar-refractivity contribution in [2.75, 3.05) is 18.7 Å². The van der Waals surface area contributed by atoms with Crippen molar-refractivity contribution in [2.45, 2.75) is 65.2 Å². The minimum Gasteiger partial charge on any atom is -0.303 e. The smallest absolute Gasteiger partial charge is 0.303 e. The number of hydrogen-bond acceptors (Lipinski definition) is 5. The van der Waals surface area contributed by atoms with Gasteiger partial charge in [0, 0.05) is 0 Å². The Balaban J connectivity index is 4.60. The summed E-state index contributed by atoms with van der Waals surface area (Å²) < 4.78 is 54.4. The molecule has 0 aliphatic heterocycles. The highest BCUT2D eigenvalue weighted by Gasteiger charge is 2.31. The third-order valence-corrected chi connectivity index (χ3v) is 7.13. The predicted octanol–water partition coefficient (Wildman–Crippen LogP) is 5.33. The summed E-state index contributed by atoms with van der Waals surface area (Å²) in [5, 5.41) is 0. The van der Waals surface area contributed by atoms with Crippen molar-refractivity contribution >= 4 is 17.7 Å². The topological polar surface area (TPSA) is 89.9 Å². The van der Waals surface area contributed by atoms with Crippen molar-refractivity contribution in [3.05, 3.63) is 24.3 Å². The van der Waals surface area contributed by atoms with Gasteiger partial charge in [-0.15, -0.1) is 0 Å². The van der Waals surface area contributed by atoms with E-state index >= 15 is 0 Å². The molecule has 0 aliphatic carbocycles. The summed E-state index contributed by atoms with van der Waals surface area (Å²) in [7, 11) is -8.48. The summed E-state index contributed by atoms with van der Waals surface area (Å²) in [6.45, 7) is 11.7. The Kier molecular flexibility index (Phi) is 12.6. The molecule has 6 nitrogen and oxygen atoms in total. The van der Waals surface area contributed by atoms with Gasteiger partial charge >= 0.3 is 7.60 Å². The lowest BCUT2D eigenvalue weighted by atomic mass is 10.1. The van der Waals surface area contributed by atoms with Crippen molar-refractivity contribution in [3.8, 4) is 0 Å². The average Bonchev–Trinajstić information content (AvgIpc) is 2.50. The monoisotopic (exact) mass is 396 g/mol. The highest BCUT2D eigenvalue weighted by molar-refractivity contribution is 7.93. The van der Waals surface area contributed by atoms with Crippen molar-refractivity contribution in [1.29, 1.82) is 0 Å². The molecule has 8 heteroatoms. The van der Waals surface area contributed by atoms with Crippen LogP contribution in [-0.2, 0) is 23.7 Å². The van der Waals surface area contributed by atoms with E-state index in [4.69, 9.17) is 13.6 Å². The molecule has 0 heterocycles. The SMILES string of the molecule is C=C(CCCCC)COP(=O)(CS(=O)(=O)O)OCC(=C)CCCCC. The summed E-state index contributed by atoms with van der Waals surface area (Å²) in [5.74, 6) is 0. The van der Waals surface area contributed by atoms with Crippen molar-refractivity contribution in [3.63, 3.8) is 0 Å². The Morgan fingerprint density at radius 1 is 0.920 bits per heavy atom. The number of rotatable bonds is 16. The second-order valence-corrected chi connectivity index (χ2v) is 10.2. The van der Waals surface area contributed by atoms with Gasteiger partial charge in [0.15, 0.2) is 5.49 Å². The largest absolute Gasteiger partial charge is 0.348 e. The Hall–Kier alpha value is -0.460. The lowest BCUT2D eigenvalue weighted by Crippen LogP contribution is -2.11. The van der Waals surface area contributed by atoms with Crippen LogP contribution >= 0.6 is 7.60 Å². The Bertz CT molecular complexity index is 525. The zero-order valence-corrected chi connectivity index (χ0v) is 17.2. The molecule has 148 valence electrons. The van der Waals surface area contributed by atoms with Crippen LogP contribution in [0.2, 0.25) is 0 Å². The molecular formula is C17H33O6PS. The van der Waals surface area contributed by atoms with Gasteiger partial charge in [-0.3, -0.25) is 9.12 Å². The maximum Gasteiger partial charge on any atom is 0.348 e. The first-order chi connectivity index (χ1) is 11.6. The maximum absolute atomic E-state index is 12.6. The van der Waals surface area contributed by atoms with Crippen LogP contribution in [0.25, 0.3) is 0 Å². The van der Waals surface area contributed by atoms with Crippen LogP contribution in [0.4, 0.5) is 0 Å². The van der Waals surface area contributed by atoms with Gasteiger partial charge < -0.3 is 9.05 Å². The lowest BCUT2D eigenvalue weighted by Gasteiger charge is -2.19. The van der Waals surface area contributed by atoms with E-state index in [1.807, 2.05) is 0 Å². The predicted molar refractivity (Wildman–Crippen MR) is 102 cm³/mol. The van der Waals surface area contributed by atoms with E-state index in [2.05, 4.69) is 27.0 Å².